The molecule has 0 saturated carbocycles. The van der Waals surface area contributed by atoms with Crippen LogP contribution in [-0.2, 0) is 23.9 Å². The van der Waals surface area contributed by atoms with Gasteiger partial charge in [0, 0.05) is 52.8 Å². The van der Waals surface area contributed by atoms with Crippen LogP contribution in [0.2, 0.25) is 0 Å². The van der Waals surface area contributed by atoms with Gasteiger partial charge in [0.1, 0.15) is 0 Å². The highest BCUT2D eigenvalue weighted by Gasteiger charge is 2.17. The molecule has 1 aromatic heterocycles. The van der Waals surface area contributed by atoms with Crippen LogP contribution in [-0.4, -0.2) is 26.3 Å². The van der Waals surface area contributed by atoms with Crippen LogP contribution in [0.15, 0.2) is 6.07 Å². The minimum atomic E-state index is -0.558. The maximum absolute atomic E-state index is 11.3. The lowest BCUT2D eigenvalue weighted by molar-refractivity contribution is 0.474. The molecule has 2 heterocycles. The Morgan fingerprint density at radius 2 is 2.06 bits per heavy atom. The number of nitrogens with zero attached hydrogens (tertiary/aromatic N) is 1. The summed E-state index contributed by atoms with van der Waals surface area (Å²) in [5, 5.41) is 3.62. The summed E-state index contributed by atoms with van der Waals surface area (Å²) >= 11 is 0. The Hall–Kier alpha value is -0.610. The zero-order valence-electron chi connectivity index (χ0n) is 11.7. The molecule has 0 radical (unpaired) electrons. The Balaban J connectivity index is 1.92. The third kappa shape index (κ3) is 3.04. The van der Waals surface area contributed by atoms with Crippen LogP contribution in [0.4, 0.5) is 0 Å². The highest BCUT2D eigenvalue weighted by Crippen LogP contribution is 2.16. The number of aromatic nitrogens is 1. The molecule has 0 aromatic carbocycles. The summed E-state index contributed by atoms with van der Waals surface area (Å²) in [6.45, 7) is 8.54. The molecule has 4 heteroatoms. The van der Waals surface area contributed by atoms with Crippen molar-refractivity contribution in [2.45, 2.75) is 52.7 Å². The molecule has 1 fully saturated rings. The average Bonchev–Trinajstić information content (AvgIpc) is 2.63. The van der Waals surface area contributed by atoms with E-state index in [9.17, 15) is 4.21 Å². The van der Waals surface area contributed by atoms with Crippen molar-refractivity contribution in [3.05, 3.63) is 23.0 Å². The second-order valence-electron chi connectivity index (χ2n) is 5.14. The van der Waals surface area contributed by atoms with Crippen LogP contribution < -0.4 is 5.32 Å². The summed E-state index contributed by atoms with van der Waals surface area (Å²) in [6, 6.07) is 2.83. The SMILES string of the molecule is CCn1c(C)cc(CNC2CCS(=O)CC2)c1C. The molecule has 2 rings (SSSR count). The van der Waals surface area contributed by atoms with Crippen molar-refractivity contribution in [1.29, 1.82) is 0 Å². The Bertz CT molecular complexity index is 429. The lowest BCUT2D eigenvalue weighted by atomic mass is 10.1. The van der Waals surface area contributed by atoms with Crippen molar-refractivity contribution >= 4 is 10.8 Å². The minimum absolute atomic E-state index is 0.549. The molecule has 0 bridgehead atoms. The van der Waals surface area contributed by atoms with Crippen LogP contribution in [0.5, 0.6) is 0 Å². The van der Waals surface area contributed by atoms with E-state index in [1.165, 1.54) is 17.0 Å². The van der Waals surface area contributed by atoms with Gasteiger partial charge < -0.3 is 9.88 Å². The van der Waals surface area contributed by atoms with Crippen LogP contribution in [0.3, 0.4) is 0 Å². The summed E-state index contributed by atoms with van der Waals surface area (Å²) in [4.78, 5) is 0. The van der Waals surface area contributed by atoms with Gasteiger partial charge >= 0.3 is 0 Å². The Morgan fingerprint density at radius 3 is 2.61 bits per heavy atom. The quantitative estimate of drug-likeness (QED) is 0.907. The normalized spacial score (nSPS) is 24.4. The van der Waals surface area contributed by atoms with Crippen LogP contribution >= 0.6 is 0 Å². The second-order valence-corrected chi connectivity index (χ2v) is 6.84. The van der Waals surface area contributed by atoms with E-state index in [0.717, 1.165) is 37.4 Å². The Kier molecular flexibility index (Phi) is 4.62. The molecule has 18 heavy (non-hydrogen) atoms. The third-order valence-corrected chi connectivity index (χ3v) is 5.35. The largest absolute Gasteiger partial charge is 0.349 e. The first kappa shape index (κ1) is 13.8. The minimum Gasteiger partial charge on any atom is -0.349 e. The predicted molar refractivity (Wildman–Crippen MR) is 77.3 cm³/mol. The van der Waals surface area contributed by atoms with E-state index >= 15 is 0 Å². The molecule has 0 unspecified atom stereocenters. The molecule has 1 saturated heterocycles. The van der Waals surface area contributed by atoms with Gasteiger partial charge in [-0.3, -0.25) is 4.21 Å². The van der Waals surface area contributed by atoms with Gasteiger partial charge in [0.2, 0.25) is 0 Å². The molecule has 3 nitrogen and oxygen atoms in total. The zero-order chi connectivity index (χ0) is 13.1. The van der Waals surface area contributed by atoms with Gasteiger partial charge in [0.05, 0.1) is 0 Å². The first-order valence-corrected chi connectivity index (χ1v) is 8.34. The van der Waals surface area contributed by atoms with Gasteiger partial charge in [-0.2, -0.15) is 0 Å². The average molecular weight is 268 g/mol. The molecule has 0 atom stereocenters. The fourth-order valence-corrected chi connectivity index (χ4v) is 4.09. The molecule has 0 spiro atoms. The van der Waals surface area contributed by atoms with Gasteiger partial charge in [-0.25, -0.2) is 0 Å². The van der Waals surface area contributed by atoms with Crippen molar-refractivity contribution in [3.63, 3.8) is 0 Å². The lowest BCUT2D eigenvalue weighted by Gasteiger charge is -2.22. The van der Waals surface area contributed by atoms with Crippen LogP contribution in [0.25, 0.3) is 0 Å². The van der Waals surface area contributed by atoms with Crippen LogP contribution in [0, 0.1) is 13.8 Å². The van der Waals surface area contributed by atoms with E-state index in [1.54, 1.807) is 0 Å². The van der Waals surface area contributed by atoms with E-state index in [-0.39, 0.29) is 0 Å². The van der Waals surface area contributed by atoms with Crippen molar-refractivity contribution in [1.82, 2.24) is 9.88 Å². The zero-order valence-corrected chi connectivity index (χ0v) is 12.5. The molecular formula is C14H24N2OS. The highest BCUT2D eigenvalue weighted by molar-refractivity contribution is 7.85. The Morgan fingerprint density at radius 1 is 1.39 bits per heavy atom. The number of nitrogens with one attached hydrogen (secondary N) is 1. The van der Waals surface area contributed by atoms with E-state index in [0.29, 0.717) is 6.04 Å². The van der Waals surface area contributed by atoms with E-state index in [2.05, 4.69) is 36.7 Å². The molecule has 1 N–H and O–H groups in total. The Labute approximate surface area is 112 Å². The van der Waals surface area contributed by atoms with E-state index in [1.807, 2.05) is 0 Å². The molecule has 0 aliphatic carbocycles. The van der Waals surface area contributed by atoms with Crippen molar-refractivity contribution in [3.8, 4) is 0 Å². The van der Waals surface area contributed by atoms with Gasteiger partial charge in [-0.1, -0.05) is 0 Å². The molecule has 1 aliphatic heterocycles. The van der Waals surface area contributed by atoms with E-state index in [4.69, 9.17) is 0 Å². The molecule has 0 amide bonds. The fraction of sp³-hybridized carbons (Fsp3) is 0.714. The van der Waals surface area contributed by atoms with Gasteiger partial charge in [0.15, 0.2) is 0 Å². The maximum Gasteiger partial charge on any atom is 0.0249 e. The molecule has 1 aromatic rings. The van der Waals surface area contributed by atoms with E-state index < -0.39 is 10.8 Å². The number of hydrogen-bond acceptors (Lipinski definition) is 2. The topological polar surface area (TPSA) is 34.0 Å². The van der Waals surface area contributed by atoms with Crippen LogP contribution in [0.1, 0.15) is 36.7 Å². The lowest BCUT2D eigenvalue weighted by Crippen LogP contribution is -2.35. The first-order valence-electron chi connectivity index (χ1n) is 6.85. The summed E-state index contributed by atoms with van der Waals surface area (Å²) in [5.74, 6) is 1.73. The summed E-state index contributed by atoms with van der Waals surface area (Å²) in [6.07, 6.45) is 2.11. The van der Waals surface area contributed by atoms with Crippen molar-refractivity contribution in [2.75, 3.05) is 11.5 Å². The summed E-state index contributed by atoms with van der Waals surface area (Å²) in [7, 11) is -0.558. The smallest absolute Gasteiger partial charge is 0.0249 e. The van der Waals surface area contributed by atoms with Crippen molar-refractivity contribution in [2.24, 2.45) is 0 Å². The standard InChI is InChI=1S/C14H24N2OS/c1-4-16-11(2)9-13(12(16)3)10-15-14-5-7-18(17)8-6-14/h9,14-15H,4-8,10H2,1-3H3. The number of aryl methyl sites for hydroxylation is 1. The molecule has 1 aliphatic rings. The van der Waals surface area contributed by atoms with Gasteiger partial charge in [0.25, 0.3) is 0 Å². The highest BCUT2D eigenvalue weighted by atomic mass is 32.2. The predicted octanol–water partition coefficient (Wildman–Crippen LogP) is 2.13. The summed E-state index contributed by atoms with van der Waals surface area (Å²) in [5.41, 5.74) is 4.12. The third-order valence-electron chi connectivity index (χ3n) is 3.96. The number of rotatable bonds is 4. The second kappa shape index (κ2) is 6.02. The first-order chi connectivity index (χ1) is 8.61. The van der Waals surface area contributed by atoms with Crippen molar-refractivity contribution < 1.29 is 4.21 Å². The van der Waals surface area contributed by atoms with Gasteiger partial charge in [-0.15, -0.1) is 0 Å². The maximum atomic E-state index is 11.3. The monoisotopic (exact) mass is 268 g/mol. The molecular weight excluding hydrogens is 244 g/mol. The number of hydrogen-bond donors (Lipinski definition) is 1. The molecule has 102 valence electrons. The fourth-order valence-electron chi connectivity index (χ4n) is 2.79. The summed E-state index contributed by atoms with van der Waals surface area (Å²) < 4.78 is 13.7. The van der Waals surface area contributed by atoms with Gasteiger partial charge in [-0.05, 0) is 45.2 Å².